The Morgan fingerprint density at radius 3 is 2.28 bits per heavy atom. The van der Waals surface area contributed by atoms with Gasteiger partial charge in [0.2, 0.25) is 0 Å². The molecule has 0 aromatic heterocycles. The second-order valence-corrected chi connectivity index (χ2v) is 5.46. The quantitative estimate of drug-likeness (QED) is 0.895. The van der Waals surface area contributed by atoms with Gasteiger partial charge in [-0.1, -0.05) is 0 Å². The predicted molar refractivity (Wildman–Crippen MR) is 67.8 cm³/mol. The van der Waals surface area contributed by atoms with E-state index in [0.29, 0.717) is 6.54 Å². The molecule has 0 bridgehead atoms. The molecule has 2 nitrogen and oxygen atoms in total. The van der Waals surface area contributed by atoms with Crippen LogP contribution in [0.4, 0.5) is 14.5 Å². The van der Waals surface area contributed by atoms with Crippen LogP contribution in [0.15, 0.2) is 12.1 Å². The number of benzene rings is 1. The SMILES string of the molecule is NCC1(c2cc(F)c(F)cc2N2CCCC2)CC1. The molecule has 1 aromatic rings. The summed E-state index contributed by atoms with van der Waals surface area (Å²) in [7, 11) is 0. The molecule has 0 amide bonds. The summed E-state index contributed by atoms with van der Waals surface area (Å²) in [5.74, 6) is -1.51. The lowest BCUT2D eigenvalue weighted by atomic mass is 9.93. The summed E-state index contributed by atoms with van der Waals surface area (Å²) >= 11 is 0. The van der Waals surface area contributed by atoms with Crippen molar-refractivity contribution in [1.29, 1.82) is 0 Å². The highest BCUT2D eigenvalue weighted by atomic mass is 19.2. The number of anilines is 1. The van der Waals surface area contributed by atoms with Gasteiger partial charge >= 0.3 is 0 Å². The summed E-state index contributed by atoms with van der Waals surface area (Å²) < 4.78 is 27.0. The van der Waals surface area contributed by atoms with Crippen molar-refractivity contribution in [3.63, 3.8) is 0 Å². The zero-order chi connectivity index (χ0) is 12.8. The van der Waals surface area contributed by atoms with Gasteiger partial charge < -0.3 is 10.6 Å². The van der Waals surface area contributed by atoms with Crippen molar-refractivity contribution in [3.05, 3.63) is 29.3 Å². The van der Waals surface area contributed by atoms with Crippen LogP contribution in [0.1, 0.15) is 31.2 Å². The Hall–Kier alpha value is -1.16. The van der Waals surface area contributed by atoms with Crippen LogP contribution < -0.4 is 10.6 Å². The lowest BCUT2D eigenvalue weighted by molar-refractivity contribution is 0.504. The number of hydrogen-bond acceptors (Lipinski definition) is 2. The molecular weight excluding hydrogens is 234 g/mol. The standard InChI is InChI=1S/C14H18F2N2/c15-11-7-10(14(9-17)3-4-14)13(8-12(11)16)18-5-1-2-6-18/h7-8H,1-6,9,17H2. The van der Waals surface area contributed by atoms with E-state index in [-0.39, 0.29) is 5.41 Å². The van der Waals surface area contributed by atoms with E-state index < -0.39 is 11.6 Å². The van der Waals surface area contributed by atoms with Gasteiger partial charge in [0, 0.05) is 36.8 Å². The maximum atomic E-state index is 13.5. The van der Waals surface area contributed by atoms with Gasteiger partial charge in [-0.05, 0) is 37.3 Å². The summed E-state index contributed by atoms with van der Waals surface area (Å²) in [5.41, 5.74) is 7.48. The molecule has 1 heterocycles. The predicted octanol–water partition coefficient (Wildman–Crippen LogP) is 2.56. The van der Waals surface area contributed by atoms with Crippen molar-refractivity contribution in [1.82, 2.24) is 0 Å². The molecule has 1 saturated heterocycles. The van der Waals surface area contributed by atoms with Crippen molar-refractivity contribution in [3.8, 4) is 0 Å². The van der Waals surface area contributed by atoms with Crippen molar-refractivity contribution >= 4 is 5.69 Å². The normalized spacial score (nSPS) is 21.4. The van der Waals surface area contributed by atoms with Crippen molar-refractivity contribution in [2.75, 3.05) is 24.5 Å². The van der Waals surface area contributed by atoms with Crippen LogP contribution in [0.25, 0.3) is 0 Å². The van der Waals surface area contributed by atoms with E-state index in [1.807, 2.05) is 0 Å². The molecule has 1 saturated carbocycles. The maximum Gasteiger partial charge on any atom is 0.160 e. The monoisotopic (exact) mass is 252 g/mol. The zero-order valence-corrected chi connectivity index (χ0v) is 10.4. The van der Waals surface area contributed by atoms with E-state index >= 15 is 0 Å². The Labute approximate surface area is 106 Å². The van der Waals surface area contributed by atoms with Crippen molar-refractivity contribution in [2.45, 2.75) is 31.1 Å². The molecule has 2 N–H and O–H groups in total. The Balaban J connectivity index is 2.07. The highest BCUT2D eigenvalue weighted by Gasteiger charge is 2.45. The average Bonchev–Trinajstić information content (AvgIpc) is 2.98. The van der Waals surface area contributed by atoms with Gasteiger partial charge in [-0.15, -0.1) is 0 Å². The topological polar surface area (TPSA) is 29.3 Å². The van der Waals surface area contributed by atoms with E-state index in [1.54, 1.807) is 0 Å². The van der Waals surface area contributed by atoms with E-state index in [1.165, 1.54) is 12.1 Å². The highest BCUT2D eigenvalue weighted by molar-refractivity contribution is 5.59. The Kier molecular flexibility index (Phi) is 2.77. The summed E-state index contributed by atoms with van der Waals surface area (Å²) in [6.45, 7) is 2.37. The fourth-order valence-electron chi connectivity index (χ4n) is 2.92. The minimum atomic E-state index is -0.757. The number of nitrogens with two attached hydrogens (primary N) is 1. The van der Waals surface area contributed by atoms with Gasteiger partial charge in [0.25, 0.3) is 0 Å². The molecule has 0 spiro atoms. The highest BCUT2D eigenvalue weighted by Crippen LogP contribution is 2.51. The summed E-state index contributed by atoms with van der Waals surface area (Å²) in [4.78, 5) is 2.16. The molecule has 0 unspecified atom stereocenters. The van der Waals surface area contributed by atoms with Gasteiger partial charge in [0.05, 0.1) is 0 Å². The first-order valence-electron chi connectivity index (χ1n) is 6.61. The first kappa shape index (κ1) is 11.9. The van der Waals surface area contributed by atoms with Gasteiger partial charge in [-0.3, -0.25) is 0 Å². The second-order valence-electron chi connectivity index (χ2n) is 5.46. The van der Waals surface area contributed by atoms with Crippen LogP contribution in [0.3, 0.4) is 0 Å². The second kappa shape index (κ2) is 4.19. The van der Waals surface area contributed by atoms with E-state index in [2.05, 4.69) is 4.90 Å². The smallest absolute Gasteiger partial charge is 0.160 e. The van der Waals surface area contributed by atoms with Crippen LogP contribution in [0, 0.1) is 11.6 Å². The number of rotatable bonds is 3. The molecule has 1 aromatic carbocycles. The zero-order valence-electron chi connectivity index (χ0n) is 10.4. The molecular formula is C14H18F2N2. The number of hydrogen-bond donors (Lipinski definition) is 1. The maximum absolute atomic E-state index is 13.5. The van der Waals surface area contributed by atoms with Crippen LogP contribution in [0.5, 0.6) is 0 Å². The van der Waals surface area contributed by atoms with Crippen LogP contribution in [0.2, 0.25) is 0 Å². The van der Waals surface area contributed by atoms with Crippen LogP contribution in [-0.2, 0) is 5.41 Å². The lowest BCUT2D eigenvalue weighted by Crippen LogP contribution is -2.26. The third-order valence-corrected chi connectivity index (χ3v) is 4.30. The fraction of sp³-hybridized carbons (Fsp3) is 0.571. The number of nitrogens with zero attached hydrogens (tertiary/aromatic N) is 1. The largest absolute Gasteiger partial charge is 0.371 e. The molecule has 2 fully saturated rings. The van der Waals surface area contributed by atoms with Crippen molar-refractivity contribution < 1.29 is 8.78 Å². The summed E-state index contributed by atoms with van der Waals surface area (Å²) in [6, 6.07) is 2.72. The molecule has 18 heavy (non-hydrogen) atoms. The van der Waals surface area contributed by atoms with E-state index in [9.17, 15) is 8.78 Å². The first-order valence-corrected chi connectivity index (χ1v) is 6.61. The summed E-state index contributed by atoms with van der Waals surface area (Å²) in [5, 5.41) is 0. The number of halogens is 2. The minimum Gasteiger partial charge on any atom is -0.371 e. The van der Waals surface area contributed by atoms with Gasteiger partial charge in [0.1, 0.15) is 0 Å². The van der Waals surface area contributed by atoms with Crippen LogP contribution >= 0.6 is 0 Å². The fourth-order valence-corrected chi connectivity index (χ4v) is 2.92. The Morgan fingerprint density at radius 1 is 1.11 bits per heavy atom. The minimum absolute atomic E-state index is 0.105. The Morgan fingerprint density at radius 2 is 1.72 bits per heavy atom. The molecule has 4 heteroatoms. The average molecular weight is 252 g/mol. The van der Waals surface area contributed by atoms with Gasteiger partial charge in [-0.25, -0.2) is 8.78 Å². The van der Waals surface area contributed by atoms with Gasteiger partial charge in [-0.2, -0.15) is 0 Å². The molecule has 0 radical (unpaired) electrons. The molecule has 1 aliphatic heterocycles. The van der Waals surface area contributed by atoms with E-state index in [0.717, 1.165) is 50.0 Å². The van der Waals surface area contributed by atoms with Crippen LogP contribution in [-0.4, -0.2) is 19.6 Å². The lowest BCUT2D eigenvalue weighted by Gasteiger charge is -2.25. The summed E-state index contributed by atoms with van der Waals surface area (Å²) in [6.07, 6.45) is 4.20. The molecule has 2 aliphatic rings. The van der Waals surface area contributed by atoms with Gasteiger partial charge in [0.15, 0.2) is 11.6 Å². The van der Waals surface area contributed by atoms with Crippen molar-refractivity contribution in [2.24, 2.45) is 5.73 Å². The molecule has 1 aliphatic carbocycles. The molecule has 98 valence electrons. The Bertz CT molecular complexity index is 463. The third-order valence-electron chi connectivity index (χ3n) is 4.30. The van der Waals surface area contributed by atoms with E-state index in [4.69, 9.17) is 5.73 Å². The molecule has 3 rings (SSSR count). The first-order chi connectivity index (χ1) is 8.66. The molecule has 0 atom stereocenters. The third kappa shape index (κ3) is 1.79.